The minimum atomic E-state index is -4.02. The Balaban J connectivity index is 2.33. The first-order chi connectivity index (χ1) is 10.3. The smallest absolute Gasteiger partial charge is 0.342 e. The number of H-pyrrole nitrogens is 1. The molecule has 0 amide bonds. The fraction of sp³-hybridized carbons (Fsp3) is 0.231. The van der Waals surface area contributed by atoms with E-state index < -0.39 is 16.0 Å². The molecular formula is C13H14ClN3O4S. The summed E-state index contributed by atoms with van der Waals surface area (Å²) in [6.45, 7) is 3.55. The van der Waals surface area contributed by atoms with Gasteiger partial charge in [-0.15, -0.1) is 0 Å². The van der Waals surface area contributed by atoms with Gasteiger partial charge in [0.15, 0.2) is 5.03 Å². The van der Waals surface area contributed by atoms with Crippen molar-refractivity contribution in [3.63, 3.8) is 0 Å². The Morgan fingerprint density at radius 1 is 1.45 bits per heavy atom. The summed E-state index contributed by atoms with van der Waals surface area (Å²) < 4.78 is 31.8. The highest BCUT2D eigenvalue weighted by atomic mass is 35.5. The summed E-state index contributed by atoms with van der Waals surface area (Å²) in [5.74, 6) is -0.765. The van der Waals surface area contributed by atoms with Gasteiger partial charge in [-0.25, -0.2) is 4.79 Å². The van der Waals surface area contributed by atoms with Crippen LogP contribution < -0.4 is 4.72 Å². The summed E-state index contributed by atoms with van der Waals surface area (Å²) in [4.78, 5) is 11.7. The Hall–Kier alpha value is -2.06. The van der Waals surface area contributed by atoms with E-state index in [0.29, 0.717) is 5.02 Å². The van der Waals surface area contributed by atoms with Crippen LogP contribution in [0.5, 0.6) is 0 Å². The second-order valence-corrected chi connectivity index (χ2v) is 6.43. The van der Waals surface area contributed by atoms with Crippen LogP contribution in [-0.4, -0.2) is 31.2 Å². The third-order valence-corrected chi connectivity index (χ3v) is 4.55. The highest BCUT2D eigenvalue weighted by Gasteiger charge is 2.26. The number of benzene rings is 1. The predicted octanol–water partition coefficient (Wildman–Crippen LogP) is 2.35. The van der Waals surface area contributed by atoms with Gasteiger partial charge in [-0.3, -0.25) is 9.82 Å². The van der Waals surface area contributed by atoms with Crippen molar-refractivity contribution < 1.29 is 17.9 Å². The average Bonchev–Trinajstić information content (AvgIpc) is 2.93. The topological polar surface area (TPSA) is 101 Å². The van der Waals surface area contributed by atoms with Crippen LogP contribution in [0.4, 0.5) is 5.69 Å². The summed E-state index contributed by atoms with van der Waals surface area (Å²) >= 11 is 5.96. The molecular weight excluding hydrogens is 330 g/mol. The Labute approximate surface area is 132 Å². The molecule has 2 rings (SSSR count). The summed E-state index contributed by atoms with van der Waals surface area (Å²) in [6.07, 6.45) is 1.11. The van der Waals surface area contributed by atoms with Crippen molar-refractivity contribution in [1.29, 1.82) is 0 Å². The number of carbonyl (C=O) groups is 1. The van der Waals surface area contributed by atoms with Crippen LogP contribution in [0, 0.1) is 6.92 Å². The number of hydrogen-bond donors (Lipinski definition) is 2. The standard InChI is InChI=1S/C13H14ClN3O4S/c1-3-21-13(18)10-7-15-16-12(10)22(19,20)17-9-5-4-8(2)11(14)6-9/h4-7,17H,3H2,1-2H3,(H,15,16). The molecule has 0 spiro atoms. The maximum absolute atomic E-state index is 12.4. The number of sulfonamides is 1. The molecule has 118 valence electrons. The molecule has 1 heterocycles. The lowest BCUT2D eigenvalue weighted by molar-refractivity contribution is 0.0522. The first-order valence-corrected chi connectivity index (χ1v) is 8.20. The molecule has 0 radical (unpaired) electrons. The van der Waals surface area contributed by atoms with Crippen LogP contribution in [0.3, 0.4) is 0 Å². The van der Waals surface area contributed by atoms with Crippen LogP contribution >= 0.6 is 11.6 Å². The molecule has 1 aromatic carbocycles. The normalized spacial score (nSPS) is 11.2. The molecule has 0 unspecified atom stereocenters. The Bertz CT molecular complexity index is 801. The second-order valence-electron chi connectivity index (χ2n) is 4.40. The molecule has 0 aliphatic heterocycles. The van der Waals surface area contributed by atoms with Gasteiger partial charge >= 0.3 is 5.97 Å². The predicted molar refractivity (Wildman–Crippen MR) is 81.5 cm³/mol. The number of nitrogens with one attached hydrogen (secondary N) is 2. The van der Waals surface area contributed by atoms with Crippen LogP contribution in [-0.2, 0) is 14.8 Å². The number of ether oxygens (including phenoxy) is 1. The van der Waals surface area contributed by atoms with E-state index in [9.17, 15) is 13.2 Å². The lowest BCUT2D eigenvalue weighted by Crippen LogP contribution is -2.17. The van der Waals surface area contributed by atoms with Crippen LogP contribution in [0.1, 0.15) is 22.8 Å². The van der Waals surface area contributed by atoms with Crippen molar-refractivity contribution in [2.45, 2.75) is 18.9 Å². The molecule has 9 heteroatoms. The highest BCUT2D eigenvalue weighted by Crippen LogP contribution is 2.23. The molecule has 2 N–H and O–H groups in total. The fourth-order valence-electron chi connectivity index (χ4n) is 1.70. The SMILES string of the molecule is CCOC(=O)c1cn[nH]c1S(=O)(=O)Nc1ccc(C)c(Cl)c1. The van der Waals surface area contributed by atoms with Gasteiger partial charge in [-0.05, 0) is 31.5 Å². The molecule has 22 heavy (non-hydrogen) atoms. The van der Waals surface area contributed by atoms with Crippen LogP contribution in [0.25, 0.3) is 0 Å². The zero-order valence-electron chi connectivity index (χ0n) is 11.9. The van der Waals surface area contributed by atoms with E-state index in [-0.39, 0.29) is 22.9 Å². The molecule has 0 saturated heterocycles. The maximum atomic E-state index is 12.4. The summed E-state index contributed by atoms with van der Waals surface area (Å²) in [5.41, 5.74) is 0.936. The molecule has 1 aromatic heterocycles. The zero-order chi connectivity index (χ0) is 16.3. The highest BCUT2D eigenvalue weighted by molar-refractivity contribution is 7.92. The lowest BCUT2D eigenvalue weighted by atomic mass is 10.2. The number of rotatable bonds is 5. The number of aryl methyl sites for hydroxylation is 1. The van der Waals surface area contributed by atoms with Gasteiger partial charge in [0.25, 0.3) is 10.0 Å². The molecule has 7 nitrogen and oxygen atoms in total. The van der Waals surface area contributed by atoms with Gasteiger partial charge in [0.1, 0.15) is 5.56 Å². The number of esters is 1. The van der Waals surface area contributed by atoms with Gasteiger partial charge in [-0.2, -0.15) is 13.5 Å². The van der Waals surface area contributed by atoms with E-state index in [1.165, 1.54) is 6.07 Å². The molecule has 0 atom stereocenters. The lowest BCUT2D eigenvalue weighted by Gasteiger charge is -2.09. The molecule has 0 fully saturated rings. The fourth-order valence-corrected chi connectivity index (χ4v) is 3.01. The summed E-state index contributed by atoms with van der Waals surface area (Å²) in [7, 11) is -4.02. The van der Waals surface area contributed by atoms with Gasteiger partial charge in [0.05, 0.1) is 18.5 Å². The Morgan fingerprint density at radius 3 is 2.82 bits per heavy atom. The number of nitrogens with zero attached hydrogens (tertiary/aromatic N) is 1. The summed E-state index contributed by atoms with van der Waals surface area (Å²) in [5, 5.41) is 5.96. The van der Waals surface area contributed by atoms with Crippen molar-refractivity contribution in [2.75, 3.05) is 11.3 Å². The third-order valence-electron chi connectivity index (χ3n) is 2.79. The van der Waals surface area contributed by atoms with E-state index in [1.807, 2.05) is 0 Å². The van der Waals surface area contributed by atoms with Crippen molar-refractivity contribution in [3.05, 3.63) is 40.5 Å². The third kappa shape index (κ3) is 3.40. The second kappa shape index (κ2) is 6.37. The van der Waals surface area contributed by atoms with Crippen molar-refractivity contribution in [2.24, 2.45) is 0 Å². The van der Waals surface area contributed by atoms with Crippen molar-refractivity contribution in [1.82, 2.24) is 10.2 Å². The summed E-state index contributed by atoms with van der Waals surface area (Å²) in [6, 6.07) is 4.73. The number of anilines is 1. The van der Waals surface area contributed by atoms with Gasteiger partial charge in [0, 0.05) is 5.02 Å². The average molecular weight is 344 g/mol. The van der Waals surface area contributed by atoms with Crippen LogP contribution in [0.15, 0.2) is 29.4 Å². The van der Waals surface area contributed by atoms with E-state index in [1.54, 1.807) is 26.0 Å². The zero-order valence-corrected chi connectivity index (χ0v) is 13.5. The Kier molecular flexibility index (Phi) is 4.72. The molecule has 2 aromatic rings. The van der Waals surface area contributed by atoms with E-state index in [4.69, 9.17) is 16.3 Å². The largest absolute Gasteiger partial charge is 0.462 e. The first kappa shape index (κ1) is 16.3. The molecule has 0 saturated carbocycles. The van der Waals surface area contributed by atoms with E-state index in [2.05, 4.69) is 14.9 Å². The molecule has 0 aliphatic carbocycles. The number of halogens is 1. The Morgan fingerprint density at radius 2 is 2.18 bits per heavy atom. The van der Waals surface area contributed by atoms with Crippen LogP contribution in [0.2, 0.25) is 5.02 Å². The minimum absolute atomic E-state index is 0.129. The van der Waals surface area contributed by atoms with Gasteiger partial charge in [-0.1, -0.05) is 17.7 Å². The van der Waals surface area contributed by atoms with E-state index in [0.717, 1.165) is 11.8 Å². The van der Waals surface area contributed by atoms with Crippen molar-refractivity contribution in [3.8, 4) is 0 Å². The number of aromatic nitrogens is 2. The van der Waals surface area contributed by atoms with E-state index >= 15 is 0 Å². The van der Waals surface area contributed by atoms with Gasteiger partial charge < -0.3 is 4.74 Å². The quantitative estimate of drug-likeness (QED) is 0.811. The van der Waals surface area contributed by atoms with Crippen molar-refractivity contribution >= 4 is 33.3 Å². The first-order valence-electron chi connectivity index (χ1n) is 6.34. The molecule has 0 bridgehead atoms. The monoisotopic (exact) mass is 343 g/mol. The van der Waals surface area contributed by atoms with Gasteiger partial charge in [0.2, 0.25) is 0 Å². The number of carbonyl (C=O) groups excluding carboxylic acids is 1. The maximum Gasteiger partial charge on any atom is 0.342 e. The number of aromatic amines is 1. The molecule has 0 aliphatic rings. The minimum Gasteiger partial charge on any atom is -0.462 e. The number of hydrogen-bond acceptors (Lipinski definition) is 5.